The fourth-order valence-corrected chi connectivity index (χ4v) is 2.41. The predicted molar refractivity (Wildman–Crippen MR) is 75.1 cm³/mol. The molecule has 5 nitrogen and oxygen atoms in total. The van der Waals surface area contributed by atoms with E-state index in [1.807, 2.05) is 6.92 Å². The zero-order chi connectivity index (χ0) is 14.6. The van der Waals surface area contributed by atoms with Crippen LogP contribution in [-0.4, -0.2) is 29.5 Å². The first-order valence-electron chi connectivity index (χ1n) is 6.68. The van der Waals surface area contributed by atoms with Crippen LogP contribution in [0.1, 0.15) is 38.2 Å². The summed E-state index contributed by atoms with van der Waals surface area (Å²) in [4.78, 5) is 16.9. The van der Waals surface area contributed by atoms with Gasteiger partial charge in [-0.3, -0.25) is 0 Å². The van der Waals surface area contributed by atoms with Gasteiger partial charge in [-0.1, -0.05) is 17.3 Å². The summed E-state index contributed by atoms with van der Waals surface area (Å²) in [5.41, 5.74) is -0.0671. The molecule has 1 N–H and O–H groups in total. The third-order valence-electron chi connectivity index (χ3n) is 3.58. The molecule has 1 aliphatic rings. The number of hydrogen-bond donors (Lipinski definition) is 1. The van der Waals surface area contributed by atoms with Crippen molar-refractivity contribution in [1.29, 1.82) is 0 Å². The van der Waals surface area contributed by atoms with Crippen molar-refractivity contribution >= 4 is 11.7 Å². The Kier molecular flexibility index (Phi) is 4.27. The van der Waals surface area contributed by atoms with Crippen molar-refractivity contribution in [1.82, 2.24) is 0 Å². The van der Waals surface area contributed by atoms with Gasteiger partial charge in [-0.25, -0.2) is 4.79 Å². The molecule has 1 aromatic rings. The average molecular weight is 277 g/mol. The fourth-order valence-electron chi connectivity index (χ4n) is 2.41. The summed E-state index contributed by atoms with van der Waals surface area (Å²) in [6, 6.07) is 6.88. The van der Waals surface area contributed by atoms with Crippen LogP contribution in [0.25, 0.3) is 0 Å². The molecular weight excluding hydrogens is 258 g/mol. The molecule has 0 heterocycles. The van der Waals surface area contributed by atoms with E-state index in [9.17, 15) is 9.90 Å². The molecule has 2 rings (SSSR count). The summed E-state index contributed by atoms with van der Waals surface area (Å²) in [6.45, 7) is 1.96. The second kappa shape index (κ2) is 5.94. The van der Waals surface area contributed by atoms with E-state index in [0.717, 1.165) is 25.7 Å². The van der Waals surface area contributed by atoms with Crippen LogP contribution in [-0.2, 0) is 9.63 Å². The second-order valence-corrected chi connectivity index (χ2v) is 5.19. The fraction of sp³-hybridized carbons (Fsp3) is 0.467. The monoisotopic (exact) mass is 277 g/mol. The summed E-state index contributed by atoms with van der Waals surface area (Å²) in [5.74, 6) is -0.662. The number of carbonyl (C=O) groups is 1. The molecule has 20 heavy (non-hydrogen) atoms. The Labute approximate surface area is 118 Å². The molecule has 108 valence electrons. The number of hydrogen-bond acceptors (Lipinski definition) is 4. The number of nitrogens with zero attached hydrogens (tertiary/aromatic N) is 1. The van der Waals surface area contributed by atoms with E-state index < -0.39 is 5.97 Å². The number of oxime groups is 1. The number of benzene rings is 1. The molecule has 0 bridgehead atoms. The van der Waals surface area contributed by atoms with E-state index in [4.69, 9.17) is 9.57 Å². The van der Waals surface area contributed by atoms with Crippen LogP contribution in [0.5, 0.6) is 5.75 Å². The molecule has 1 fully saturated rings. The standard InChI is InChI=1S/C15H19NO4/c1-15(9-5-6-10-15)20-16-13(14(17)18)11-7-3-4-8-12(11)19-2/h3-4,7-8H,5-6,9-10H2,1-2H3,(H,17,18)/b16-13-. The van der Waals surface area contributed by atoms with Gasteiger partial charge in [-0.15, -0.1) is 0 Å². The lowest BCUT2D eigenvalue weighted by Crippen LogP contribution is -2.24. The van der Waals surface area contributed by atoms with Gasteiger partial charge in [0.1, 0.15) is 11.4 Å². The maximum absolute atomic E-state index is 11.4. The second-order valence-electron chi connectivity index (χ2n) is 5.19. The number of ether oxygens (including phenoxy) is 1. The highest BCUT2D eigenvalue weighted by atomic mass is 16.7. The Hall–Kier alpha value is -2.04. The molecule has 0 unspecified atom stereocenters. The van der Waals surface area contributed by atoms with Gasteiger partial charge >= 0.3 is 5.97 Å². The molecule has 0 spiro atoms. The van der Waals surface area contributed by atoms with Crippen LogP contribution in [0.4, 0.5) is 0 Å². The van der Waals surface area contributed by atoms with Crippen LogP contribution in [0.15, 0.2) is 29.4 Å². The minimum absolute atomic E-state index is 0.129. The van der Waals surface area contributed by atoms with Gasteiger partial charge in [0, 0.05) is 0 Å². The Morgan fingerprint density at radius 1 is 1.30 bits per heavy atom. The maximum atomic E-state index is 11.4. The van der Waals surface area contributed by atoms with Gasteiger partial charge in [0.15, 0.2) is 5.71 Å². The van der Waals surface area contributed by atoms with Gasteiger partial charge in [0.25, 0.3) is 0 Å². The topological polar surface area (TPSA) is 68.1 Å². The van der Waals surface area contributed by atoms with Crippen LogP contribution < -0.4 is 4.74 Å². The van der Waals surface area contributed by atoms with Crippen LogP contribution >= 0.6 is 0 Å². The van der Waals surface area contributed by atoms with E-state index in [0.29, 0.717) is 11.3 Å². The van der Waals surface area contributed by atoms with Crippen LogP contribution in [0, 0.1) is 0 Å². The number of aliphatic carboxylic acids is 1. The third kappa shape index (κ3) is 3.10. The Morgan fingerprint density at radius 2 is 1.95 bits per heavy atom. The minimum atomic E-state index is -1.13. The zero-order valence-corrected chi connectivity index (χ0v) is 11.8. The van der Waals surface area contributed by atoms with Crippen molar-refractivity contribution in [3.05, 3.63) is 29.8 Å². The molecule has 0 amide bonds. The third-order valence-corrected chi connectivity index (χ3v) is 3.58. The Morgan fingerprint density at radius 3 is 2.55 bits per heavy atom. The summed E-state index contributed by atoms with van der Waals surface area (Å²) in [7, 11) is 1.50. The molecule has 0 saturated heterocycles. The molecule has 0 aromatic heterocycles. The van der Waals surface area contributed by atoms with Crippen LogP contribution in [0.3, 0.4) is 0 Å². The van der Waals surface area contributed by atoms with E-state index >= 15 is 0 Å². The lowest BCUT2D eigenvalue weighted by atomic mass is 10.1. The lowest BCUT2D eigenvalue weighted by Gasteiger charge is -2.21. The Balaban J connectivity index is 2.29. The molecule has 1 saturated carbocycles. The first kappa shape index (κ1) is 14.4. The minimum Gasteiger partial charge on any atom is -0.496 e. The lowest BCUT2D eigenvalue weighted by molar-refractivity contribution is -0.129. The molecule has 0 radical (unpaired) electrons. The first-order valence-corrected chi connectivity index (χ1v) is 6.68. The number of rotatable bonds is 5. The molecular formula is C15H19NO4. The van der Waals surface area contributed by atoms with Gasteiger partial charge in [0.05, 0.1) is 12.7 Å². The molecule has 1 aromatic carbocycles. The van der Waals surface area contributed by atoms with Gasteiger partial charge < -0.3 is 14.7 Å². The largest absolute Gasteiger partial charge is 0.496 e. The number of methoxy groups -OCH3 is 1. The van der Waals surface area contributed by atoms with E-state index in [-0.39, 0.29) is 11.3 Å². The number of para-hydroxylation sites is 1. The predicted octanol–water partition coefficient (Wildman–Crippen LogP) is 2.83. The van der Waals surface area contributed by atoms with Gasteiger partial charge in [0.2, 0.25) is 0 Å². The van der Waals surface area contributed by atoms with Crippen LogP contribution in [0.2, 0.25) is 0 Å². The molecule has 0 atom stereocenters. The first-order chi connectivity index (χ1) is 9.56. The summed E-state index contributed by atoms with van der Waals surface area (Å²) in [6.07, 6.45) is 3.97. The van der Waals surface area contributed by atoms with Crippen molar-refractivity contribution in [2.75, 3.05) is 7.11 Å². The summed E-state index contributed by atoms with van der Waals surface area (Å²) < 4.78 is 5.17. The van der Waals surface area contributed by atoms with E-state index in [1.54, 1.807) is 24.3 Å². The highest BCUT2D eigenvalue weighted by Gasteiger charge is 2.31. The maximum Gasteiger partial charge on any atom is 0.358 e. The van der Waals surface area contributed by atoms with Crippen molar-refractivity contribution in [2.45, 2.75) is 38.2 Å². The van der Waals surface area contributed by atoms with Crippen molar-refractivity contribution in [3.63, 3.8) is 0 Å². The van der Waals surface area contributed by atoms with E-state index in [2.05, 4.69) is 5.16 Å². The molecule has 5 heteroatoms. The van der Waals surface area contributed by atoms with Gasteiger partial charge in [-0.2, -0.15) is 0 Å². The normalized spacial score (nSPS) is 17.8. The average Bonchev–Trinajstić information content (AvgIpc) is 2.86. The van der Waals surface area contributed by atoms with Gasteiger partial charge in [-0.05, 0) is 44.7 Å². The highest BCUT2D eigenvalue weighted by Crippen LogP contribution is 2.33. The SMILES string of the molecule is COc1ccccc1/C(=N/OC1(C)CCCC1)C(=O)O. The van der Waals surface area contributed by atoms with E-state index in [1.165, 1.54) is 7.11 Å². The van der Waals surface area contributed by atoms with Crippen molar-refractivity contribution in [3.8, 4) is 5.75 Å². The zero-order valence-electron chi connectivity index (χ0n) is 11.8. The molecule has 0 aliphatic heterocycles. The smallest absolute Gasteiger partial charge is 0.358 e. The highest BCUT2D eigenvalue weighted by molar-refractivity contribution is 6.43. The molecule has 1 aliphatic carbocycles. The van der Waals surface area contributed by atoms with Crippen molar-refractivity contribution < 1.29 is 19.5 Å². The quantitative estimate of drug-likeness (QED) is 0.663. The number of carboxylic acid groups (broad SMARTS) is 1. The number of carboxylic acids is 1. The Bertz CT molecular complexity index is 518. The summed E-state index contributed by atoms with van der Waals surface area (Å²) >= 11 is 0. The van der Waals surface area contributed by atoms with Crippen molar-refractivity contribution in [2.24, 2.45) is 5.16 Å². The summed E-state index contributed by atoms with van der Waals surface area (Å²) in [5, 5.41) is 13.2.